The highest BCUT2D eigenvalue weighted by molar-refractivity contribution is 6.06. The van der Waals surface area contributed by atoms with Gasteiger partial charge < -0.3 is 10.3 Å². The zero-order chi connectivity index (χ0) is 17.6. The van der Waals surface area contributed by atoms with Crippen molar-refractivity contribution in [2.75, 3.05) is 6.54 Å². The fourth-order valence-corrected chi connectivity index (χ4v) is 2.46. The van der Waals surface area contributed by atoms with Gasteiger partial charge in [-0.1, -0.05) is 30.3 Å². The molecule has 0 aliphatic heterocycles. The van der Waals surface area contributed by atoms with Crippen LogP contribution in [-0.4, -0.2) is 23.5 Å². The van der Waals surface area contributed by atoms with Crippen LogP contribution in [0.25, 0.3) is 10.9 Å². The number of amides is 3. The Morgan fingerprint density at radius 3 is 2.56 bits per heavy atom. The van der Waals surface area contributed by atoms with Gasteiger partial charge >= 0.3 is 6.03 Å². The van der Waals surface area contributed by atoms with Crippen LogP contribution in [0.3, 0.4) is 0 Å². The first kappa shape index (κ1) is 16.5. The molecule has 0 radical (unpaired) electrons. The van der Waals surface area contributed by atoms with E-state index in [-0.39, 0.29) is 5.82 Å². The van der Waals surface area contributed by atoms with Gasteiger partial charge in [-0.2, -0.15) is 0 Å². The molecule has 25 heavy (non-hydrogen) atoms. The summed E-state index contributed by atoms with van der Waals surface area (Å²) in [5.74, 6) is -0.708. The number of para-hydroxylation sites is 1. The second-order valence-electron chi connectivity index (χ2n) is 5.46. The molecule has 0 aliphatic carbocycles. The molecule has 0 saturated carbocycles. The first-order valence-electron chi connectivity index (χ1n) is 7.78. The van der Waals surface area contributed by atoms with E-state index in [0.29, 0.717) is 18.5 Å². The zero-order valence-corrected chi connectivity index (χ0v) is 13.3. The first-order chi connectivity index (χ1) is 12.1. The maximum atomic E-state index is 12.8. The normalized spacial score (nSPS) is 10.4. The van der Waals surface area contributed by atoms with Crippen LogP contribution in [0.15, 0.2) is 54.7 Å². The minimum atomic E-state index is -0.518. The van der Waals surface area contributed by atoms with Gasteiger partial charge in [0.15, 0.2) is 0 Å². The SMILES string of the molecule is O=C(NCCc1ccc(F)cc1)NNC(=O)c1c[nH]c2ccccc12. The topological polar surface area (TPSA) is 86.0 Å². The lowest BCUT2D eigenvalue weighted by atomic mass is 10.1. The maximum absolute atomic E-state index is 12.8. The lowest BCUT2D eigenvalue weighted by Crippen LogP contribution is -2.47. The highest BCUT2D eigenvalue weighted by Crippen LogP contribution is 2.17. The molecular formula is C18H17FN4O2. The summed E-state index contributed by atoms with van der Waals surface area (Å²) in [6.07, 6.45) is 2.15. The van der Waals surface area contributed by atoms with Crippen molar-refractivity contribution in [1.29, 1.82) is 0 Å². The number of hydrogen-bond donors (Lipinski definition) is 4. The Morgan fingerprint density at radius 1 is 1.00 bits per heavy atom. The summed E-state index contributed by atoms with van der Waals surface area (Å²) in [6, 6.07) is 12.9. The Labute approximate surface area is 143 Å². The molecule has 6 nitrogen and oxygen atoms in total. The molecule has 0 aliphatic rings. The molecule has 0 bridgehead atoms. The van der Waals surface area contributed by atoms with Crippen LogP contribution in [-0.2, 0) is 6.42 Å². The van der Waals surface area contributed by atoms with Gasteiger partial charge in [0.25, 0.3) is 5.91 Å². The van der Waals surface area contributed by atoms with Crippen molar-refractivity contribution < 1.29 is 14.0 Å². The van der Waals surface area contributed by atoms with E-state index in [1.807, 2.05) is 24.3 Å². The Hall–Kier alpha value is -3.35. The Balaban J connectivity index is 1.45. The average molecular weight is 340 g/mol. The molecule has 3 aromatic rings. The van der Waals surface area contributed by atoms with Gasteiger partial charge in [0, 0.05) is 23.6 Å². The number of nitrogens with one attached hydrogen (secondary N) is 4. The summed E-state index contributed by atoms with van der Waals surface area (Å²) in [6.45, 7) is 0.362. The summed E-state index contributed by atoms with van der Waals surface area (Å²) in [4.78, 5) is 26.9. The molecule has 1 heterocycles. The number of carbonyl (C=O) groups is 2. The highest BCUT2D eigenvalue weighted by Gasteiger charge is 2.12. The molecule has 4 N–H and O–H groups in total. The zero-order valence-electron chi connectivity index (χ0n) is 13.3. The Bertz CT molecular complexity index is 889. The maximum Gasteiger partial charge on any atom is 0.333 e. The quantitative estimate of drug-likeness (QED) is 0.550. The number of hydrogen-bond acceptors (Lipinski definition) is 2. The van der Waals surface area contributed by atoms with Crippen LogP contribution in [0, 0.1) is 5.82 Å². The minimum absolute atomic E-state index is 0.297. The summed E-state index contributed by atoms with van der Waals surface area (Å²) in [5.41, 5.74) is 6.87. The number of hydrazine groups is 1. The predicted molar refractivity (Wildman–Crippen MR) is 92.4 cm³/mol. The van der Waals surface area contributed by atoms with Gasteiger partial charge in [-0.25, -0.2) is 14.6 Å². The van der Waals surface area contributed by atoms with Crippen molar-refractivity contribution in [2.24, 2.45) is 0 Å². The number of aromatic nitrogens is 1. The van der Waals surface area contributed by atoms with E-state index in [1.165, 1.54) is 12.1 Å². The van der Waals surface area contributed by atoms with Crippen LogP contribution in [0.1, 0.15) is 15.9 Å². The highest BCUT2D eigenvalue weighted by atomic mass is 19.1. The number of carbonyl (C=O) groups excluding carboxylic acids is 2. The molecule has 0 fully saturated rings. The third-order valence-corrected chi connectivity index (χ3v) is 3.74. The Kier molecular flexibility index (Phi) is 4.94. The lowest BCUT2D eigenvalue weighted by Gasteiger charge is -2.08. The number of halogens is 1. The van der Waals surface area contributed by atoms with Crippen molar-refractivity contribution in [1.82, 2.24) is 21.2 Å². The van der Waals surface area contributed by atoms with Crippen LogP contribution in [0.5, 0.6) is 0 Å². The van der Waals surface area contributed by atoms with E-state index in [2.05, 4.69) is 21.2 Å². The summed E-state index contributed by atoms with van der Waals surface area (Å²) >= 11 is 0. The number of benzene rings is 2. The van der Waals surface area contributed by atoms with Gasteiger partial charge in [0.2, 0.25) is 0 Å². The largest absolute Gasteiger partial charge is 0.360 e. The average Bonchev–Trinajstić information content (AvgIpc) is 3.05. The molecule has 3 amide bonds. The molecule has 128 valence electrons. The van der Waals surface area contributed by atoms with E-state index in [4.69, 9.17) is 0 Å². The minimum Gasteiger partial charge on any atom is -0.360 e. The monoisotopic (exact) mass is 340 g/mol. The standard InChI is InChI=1S/C18H17FN4O2/c19-13-7-5-12(6-8-13)9-10-20-18(25)23-22-17(24)15-11-21-16-4-2-1-3-14(15)16/h1-8,11,21H,9-10H2,(H,22,24)(H2,20,23,25). The smallest absolute Gasteiger partial charge is 0.333 e. The third-order valence-electron chi connectivity index (χ3n) is 3.74. The third kappa shape index (κ3) is 4.14. The fraction of sp³-hybridized carbons (Fsp3) is 0.111. The van der Waals surface area contributed by atoms with Crippen molar-refractivity contribution in [3.63, 3.8) is 0 Å². The van der Waals surface area contributed by atoms with Crippen molar-refractivity contribution in [2.45, 2.75) is 6.42 Å². The van der Waals surface area contributed by atoms with Crippen LogP contribution in [0.2, 0.25) is 0 Å². The van der Waals surface area contributed by atoms with E-state index in [9.17, 15) is 14.0 Å². The summed E-state index contributed by atoms with van der Waals surface area (Å²) < 4.78 is 12.8. The molecule has 7 heteroatoms. The molecule has 0 unspecified atom stereocenters. The van der Waals surface area contributed by atoms with Crippen LogP contribution >= 0.6 is 0 Å². The molecule has 1 aromatic heterocycles. The van der Waals surface area contributed by atoms with Crippen molar-refractivity contribution in [3.8, 4) is 0 Å². The van der Waals surface area contributed by atoms with E-state index in [0.717, 1.165) is 16.5 Å². The number of urea groups is 1. The fourth-order valence-electron chi connectivity index (χ4n) is 2.46. The van der Waals surface area contributed by atoms with E-state index < -0.39 is 11.9 Å². The number of fused-ring (bicyclic) bond motifs is 1. The second-order valence-corrected chi connectivity index (χ2v) is 5.46. The Morgan fingerprint density at radius 2 is 1.76 bits per heavy atom. The second kappa shape index (κ2) is 7.48. The summed E-state index contributed by atoms with van der Waals surface area (Å²) in [7, 11) is 0. The number of rotatable bonds is 4. The van der Waals surface area contributed by atoms with Gasteiger partial charge in [0.1, 0.15) is 5.82 Å². The first-order valence-corrected chi connectivity index (χ1v) is 7.78. The van der Waals surface area contributed by atoms with Gasteiger partial charge in [-0.3, -0.25) is 10.2 Å². The lowest BCUT2D eigenvalue weighted by molar-refractivity contribution is 0.0938. The molecule has 0 atom stereocenters. The van der Waals surface area contributed by atoms with Gasteiger partial charge in [-0.05, 0) is 30.2 Å². The number of aromatic amines is 1. The van der Waals surface area contributed by atoms with Gasteiger partial charge in [-0.15, -0.1) is 0 Å². The summed E-state index contributed by atoms with van der Waals surface area (Å²) in [5, 5.41) is 3.39. The molecular weight excluding hydrogens is 323 g/mol. The molecule has 2 aromatic carbocycles. The number of H-pyrrole nitrogens is 1. The predicted octanol–water partition coefficient (Wildman–Crippen LogP) is 2.49. The van der Waals surface area contributed by atoms with Crippen molar-refractivity contribution >= 4 is 22.8 Å². The molecule has 0 saturated heterocycles. The van der Waals surface area contributed by atoms with Crippen LogP contribution in [0.4, 0.5) is 9.18 Å². The molecule has 0 spiro atoms. The van der Waals surface area contributed by atoms with Crippen molar-refractivity contribution in [3.05, 3.63) is 71.7 Å². The van der Waals surface area contributed by atoms with E-state index in [1.54, 1.807) is 18.3 Å². The van der Waals surface area contributed by atoms with E-state index >= 15 is 0 Å². The molecule has 3 rings (SSSR count). The van der Waals surface area contributed by atoms with Crippen LogP contribution < -0.4 is 16.2 Å². The van der Waals surface area contributed by atoms with Gasteiger partial charge in [0.05, 0.1) is 5.56 Å².